The first kappa shape index (κ1) is 22.5. The average molecular weight is 402 g/mol. The van der Waals surface area contributed by atoms with Gasteiger partial charge in [-0.1, -0.05) is 107 Å². The van der Waals surface area contributed by atoms with Crippen LogP contribution < -0.4 is 0 Å². The van der Waals surface area contributed by atoms with Gasteiger partial charge >= 0.3 is 0 Å². The molecule has 0 bridgehead atoms. The van der Waals surface area contributed by atoms with Crippen molar-refractivity contribution in [3.63, 3.8) is 0 Å². The van der Waals surface area contributed by atoms with Gasteiger partial charge in [0, 0.05) is 17.5 Å². The molecule has 0 N–H and O–H groups in total. The van der Waals surface area contributed by atoms with Crippen molar-refractivity contribution in [1.29, 1.82) is 0 Å². The molecule has 0 aliphatic carbocycles. The Balaban J connectivity index is 1.37. The second-order valence-electron chi connectivity index (χ2n) is 8.87. The zero-order valence-corrected chi connectivity index (χ0v) is 19.1. The molecular weight excluding hydrogens is 362 g/mol. The largest absolute Gasteiger partial charge is 0.252 e. The number of aryl methyl sites for hydroxylation is 2. The molecule has 2 aromatic carbocycles. The van der Waals surface area contributed by atoms with E-state index in [0.29, 0.717) is 0 Å². The van der Waals surface area contributed by atoms with E-state index in [9.17, 15) is 0 Å². The van der Waals surface area contributed by atoms with Crippen LogP contribution in [0.15, 0.2) is 54.6 Å². The van der Waals surface area contributed by atoms with Crippen LogP contribution in [0, 0.1) is 6.92 Å². The Labute approximate surface area is 183 Å². The Morgan fingerprint density at radius 3 is 1.97 bits per heavy atom. The standard InChI is InChI=1S/C29H39N/c1-3-4-5-6-7-8-9-10-11-12-15-25-18-20-26(21-19-25)23-27-22-24(2)28-16-13-14-17-29(28)30-27/h13-14,16-22H,3-12,15,23H2,1-2H3. The van der Waals surface area contributed by atoms with Gasteiger partial charge in [0.15, 0.2) is 0 Å². The van der Waals surface area contributed by atoms with E-state index in [2.05, 4.69) is 68.4 Å². The minimum Gasteiger partial charge on any atom is -0.252 e. The lowest BCUT2D eigenvalue weighted by Crippen LogP contribution is -1.95. The predicted octanol–water partition coefficient (Wildman–Crippen LogP) is 8.60. The molecule has 0 saturated carbocycles. The molecule has 30 heavy (non-hydrogen) atoms. The number of aromatic nitrogens is 1. The van der Waals surface area contributed by atoms with Gasteiger partial charge < -0.3 is 0 Å². The summed E-state index contributed by atoms with van der Waals surface area (Å²) < 4.78 is 0. The molecule has 0 aliphatic heterocycles. The molecule has 1 heterocycles. The average Bonchev–Trinajstić information content (AvgIpc) is 2.76. The number of para-hydroxylation sites is 1. The summed E-state index contributed by atoms with van der Waals surface area (Å²) in [4.78, 5) is 4.86. The Bertz CT molecular complexity index is 879. The zero-order chi connectivity index (χ0) is 21.0. The zero-order valence-electron chi connectivity index (χ0n) is 19.1. The second kappa shape index (κ2) is 12.5. The van der Waals surface area contributed by atoms with Gasteiger partial charge in [-0.05, 0) is 48.6 Å². The van der Waals surface area contributed by atoms with E-state index in [1.54, 1.807) is 0 Å². The van der Waals surface area contributed by atoms with Gasteiger partial charge in [0.05, 0.1) is 5.52 Å². The first-order valence-electron chi connectivity index (χ1n) is 12.2. The Kier molecular flexibility index (Phi) is 9.41. The number of pyridine rings is 1. The van der Waals surface area contributed by atoms with Crippen LogP contribution in [0.4, 0.5) is 0 Å². The number of benzene rings is 2. The monoisotopic (exact) mass is 401 g/mol. The van der Waals surface area contributed by atoms with Gasteiger partial charge in [0.2, 0.25) is 0 Å². The van der Waals surface area contributed by atoms with Crippen molar-refractivity contribution in [1.82, 2.24) is 4.98 Å². The van der Waals surface area contributed by atoms with Crippen molar-refractivity contribution in [2.24, 2.45) is 0 Å². The topological polar surface area (TPSA) is 12.9 Å². The molecule has 1 nitrogen and oxygen atoms in total. The summed E-state index contributed by atoms with van der Waals surface area (Å²) in [5.41, 5.74) is 6.40. The number of unbranched alkanes of at least 4 members (excludes halogenated alkanes) is 9. The van der Waals surface area contributed by atoms with Crippen molar-refractivity contribution >= 4 is 10.9 Å². The molecule has 0 aliphatic rings. The highest BCUT2D eigenvalue weighted by atomic mass is 14.7. The van der Waals surface area contributed by atoms with Gasteiger partial charge in [-0.3, -0.25) is 4.98 Å². The Morgan fingerprint density at radius 1 is 0.667 bits per heavy atom. The van der Waals surface area contributed by atoms with Crippen LogP contribution in [0.3, 0.4) is 0 Å². The predicted molar refractivity (Wildman–Crippen MR) is 131 cm³/mol. The Morgan fingerprint density at radius 2 is 1.27 bits per heavy atom. The molecule has 1 heteroatoms. The summed E-state index contributed by atoms with van der Waals surface area (Å²) in [6, 6.07) is 19.9. The summed E-state index contributed by atoms with van der Waals surface area (Å²) in [5.74, 6) is 0. The number of rotatable bonds is 13. The van der Waals surface area contributed by atoms with Crippen molar-refractivity contribution in [3.05, 3.63) is 77.0 Å². The SMILES string of the molecule is CCCCCCCCCCCCc1ccc(Cc2cc(C)c3ccccc3n2)cc1. The second-order valence-corrected chi connectivity index (χ2v) is 8.87. The maximum Gasteiger partial charge on any atom is 0.0708 e. The molecule has 3 rings (SSSR count). The van der Waals surface area contributed by atoms with Crippen molar-refractivity contribution in [2.75, 3.05) is 0 Å². The highest BCUT2D eigenvalue weighted by Crippen LogP contribution is 2.20. The number of nitrogens with zero attached hydrogens (tertiary/aromatic N) is 1. The summed E-state index contributed by atoms with van der Waals surface area (Å²) >= 11 is 0. The molecule has 0 saturated heterocycles. The maximum absolute atomic E-state index is 4.86. The van der Waals surface area contributed by atoms with E-state index in [1.165, 1.54) is 92.7 Å². The molecule has 0 amide bonds. The highest BCUT2D eigenvalue weighted by Gasteiger charge is 2.04. The van der Waals surface area contributed by atoms with Crippen LogP contribution in [0.1, 0.15) is 93.5 Å². The van der Waals surface area contributed by atoms with Crippen LogP contribution in [-0.2, 0) is 12.8 Å². The fraction of sp³-hybridized carbons (Fsp3) is 0.483. The van der Waals surface area contributed by atoms with E-state index in [-0.39, 0.29) is 0 Å². The molecule has 0 atom stereocenters. The third-order valence-corrected chi connectivity index (χ3v) is 6.20. The van der Waals surface area contributed by atoms with Crippen molar-refractivity contribution < 1.29 is 0 Å². The molecule has 1 aromatic heterocycles. The third kappa shape index (κ3) is 7.27. The van der Waals surface area contributed by atoms with Crippen LogP contribution in [-0.4, -0.2) is 4.98 Å². The quantitative estimate of drug-likeness (QED) is 0.261. The van der Waals surface area contributed by atoms with Gasteiger partial charge in [0.25, 0.3) is 0 Å². The van der Waals surface area contributed by atoms with Crippen LogP contribution >= 0.6 is 0 Å². The molecule has 160 valence electrons. The highest BCUT2D eigenvalue weighted by molar-refractivity contribution is 5.82. The molecule has 0 radical (unpaired) electrons. The van der Waals surface area contributed by atoms with E-state index >= 15 is 0 Å². The van der Waals surface area contributed by atoms with E-state index in [0.717, 1.165) is 17.6 Å². The van der Waals surface area contributed by atoms with Gasteiger partial charge in [0.1, 0.15) is 0 Å². The molecule has 3 aromatic rings. The molecule has 0 unspecified atom stereocenters. The molecule has 0 fully saturated rings. The van der Waals surface area contributed by atoms with Gasteiger partial charge in [-0.15, -0.1) is 0 Å². The van der Waals surface area contributed by atoms with Crippen LogP contribution in [0.2, 0.25) is 0 Å². The van der Waals surface area contributed by atoms with Crippen molar-refractivity contribution in [2.45, 2.75) is 90.9 Å². The smallest absolute Gasteiger partial charge is 0.0708 e. The van der Waals surface area contributed by atoms with Crippen LogP contribution in [0.5, 0.6) is 0 Å². The first-order valence-corrected chi connectivity index (χ1v) is 12.2. The maximum atomic E-state index is 4.86. The number of hydrogen-bond donors (Lipinski definition) is 0. The minimum atomic E-state index is 0.907. The summed E-state index contributed by atoms with van der Waals surface area (Å²) in [6.45, 7) is 4.47. The molecule has 0 spiro atoms. The van der Waals surface area contributed by atoms with Gasteiger partial charge in [-0.25, -0.2) is 0 Å². The normalized spacial score (nSPS) is 11.3. The van der Waals surface area contributed by atoms with E-state index < -0.39 is 0 Å². The van der Waals surface area contributed by atoms with Crippen LogP contribution in [0.25, 0.3) is 10.9 Å². The minimum absolute atomic E-state index is 0.907. The summed E-state index contributed by atoms with van der Waals surface area (Å²) in [7, 11) is 0. The van der Waals surface area contributed by atoms with Crippen molar-refractivity contribution in [3.8, 4) is 0 Å². The first-order chi connectivity index (χ1) is 14.8. The number of fused-ring (bicyclic) bond motifs is 1. The summed E-state index contributed by atoms with van der Waals surface area (Å²) in [6.07, 6.45) is 16.1. The fourth-order valence-corrected chi connectivity index (χ4v) is 4.36. The van der Waals surface area contributed by atoms with E-state index in [1.807, 2.05) is 0 Å². The molecular formula is C29H39N. The van der Waals surface area contributed by atoms with Gasteiger partial charge in [-0.2, -0.15) is 0 Å². The number of hydrogen-bond acceptors (Lipinski definition) is 1. The lowest BCUT2D eigenvalue weighted by Gasteiger charge is -2.08. The lowest BCUT2D eigenvalue weighted by molar-refractivity contribution is 0.556. The Hall–Kier alpha value is -2.15. The third-order valence-electron chi connectivity index (χ3n) is 6.20. The lowest BCUT2D eigenvalue weighted by atomic mass is 10.0. The summed E-state index contributed by atoms with van der Waals surface area (Å²) in [5, 5.41) is 1.26. The van der Waals surface area contributed by atoms with E-state index in [4.69, 9.17) is 4.98 Å². The fourth-order valence-electron chi connectivity index (χ4n) is 4.36.